The van der Waals surface area contributed by atoms with Gasteiger partial charge in [-0.05, 0) is 25.1 Å². The molecule has 0 aliphatic rings. The molecular weight excluding hydrogens is 306 g/mol. The molecule has 4 N–H and O–H groups in total. The standard InChI is InChI=1S/C14H14ClN5O2/c1-2-18-12-9(11(16)21)6-10(15)13(19-12)20-14(22)8-4-3-5-17-7-8/h3-7H,2H2,1H3,(H2,16,21)(H2,18,19,20,22). The molecule has 0 fully saturated rings. The number of hydrogen-bond acceptors (Lipinski definition) is 5. The molecule has 2 amide bonds. The smallest absolute Gasteiger partial charge is 0.258 e. The van der Waals surface area contributed by atoms with Crippen molar-refractivity contribution in [3.63, 3.8) is 0 Å². The summed E-state index contributed by atoms with van der Waals surface area (Å²) in [7, 11) is 0. The third kappa shape index (κ3) is 3.50. The van der Waals surface area contributed by atoms with E-state index in [1.54, 1.807) is 18.3 Å². The van der Waals surface area contributed by atoms with Gasteiger partial charge in [0.2, 0.25) is 0 Å². The molecular formula is C14H14ClN5O2. The zero-order valence-electron chi connectivity index (χ0n) is 11.8. The van der Waals surface area contributed by atoms with Crippen molar-refractivity contribution in [2.45, 2.75) is 6.92 Å². The largest absolute Gasteiger partial charge is 0.370 e. The summed E-state index contributed by atoms with van der Waals surface area (Å²) < 4.78 is 0. The second kappa shape index (κ2) is 6.86. The van der Waals surface area contributed by atoms with Gasteiger partial charge in [0.1, 0.15) is 5.82 Å². The minimum absolute atomic E-state index is 0.118. The first-order chi connectivity index (χ1) is 10.5. The van der Waals surface area contributed by atoms with Crippen molar-refractivity contribution in [1.82, 2.24) is 9.97 Å². The summed E-state index contributed by atoms with van der Waals surface area (Å²) in [5.41, 5.74) is 5.81. The molecule has 0 unspecified atom stereocenters. The zero-order valence-corrected chi connectivity index (χ0v) is 12.5. The van der Waals surface area contributed by atoms with Crippen LogP contribution >= 0.6 is 11.6 Å². The number of halogens is 1. The van der Waals surface area contributed by atoms with Gasteiger partial charge in [0, 0.05) is 18.9 Å². The van der Waals surface area contributed by atoms with Crippen LogP contribution in [0, 0.1) is 0 Å². The van der Waals surface area contributed by atoms with Crippen LogP contribution < -0.4 is 16.4 Å². The Kier molecular flexibility index (Phi) is 4.90. The van der Waals surface area contributed by atoms with Crippen molar-refractivity contribution in [2.24, 2.45) is 5.73 Å². The average molecular weight is 320 g/mol. The van der Waals surface area contributed by atoms with Gasteiger partial charge < -0.3 is 16.4 Å². The number of hydrogen-bond donors (Lipinski definition) is 3. The van der Waals surface area contributed by atoms with Gasteiger partial charge in [-0.15, -0.1) is 0 Å². The average Bonchev–Trinajstić information content (AvgIpc) is 2.51. The third-order valence-electron chi connectivity index (χ3n) is 2.74. The maximum Gasteiger partial charge on any atom is 0.258 e. The molecule has 7 nitrogen and oxygen atoms in total. The molecule has 0 bridgehead atoms. The summed E-state index contributed by atoms with van der Waals surface area (Å²) in [4.78, 5) is 31.5. The first-order valence-corrected chi connectivity index (χ1v) is 6.86. The van der Waals surface area contributed by atoms with E-state index in [9.17, 15) is 9.59 Å². The quantitative estimate of drug-likeness (QED) is 0.779. The molecule has 0 spiro atoms. The molecule has 114 valence electrons. The van der Waals surface area contributed by atoms with E-state index >= 15 is 0 Å². The van der Waals surface area contributed by atoms with Crippen LogP contribution in [0.25, 0.3) is 0 Å². The lowest BCUT2D eigenvalue weighted by Crippen LogP contribution is -2.18. The molecule has 0 radical (unpaired) electrons. The van der Waals surface area contributed by atoms with Crippen LogP contribution in [0.3, 0.4) is 0 Å². The lowest BCUT2D eigenvalue weighted by molar-refractivity contribution is 0.0998. The Hall–Kier alpha value is -2.67. The van der Waals surface area contributed by atoms with Crippen LogP contribution in [0.1, 0.15) is 27.6 Å². The van der Waals surface area contributed by atoms with Gasteiger partial charge >= 0.3 is 0 Å². The highest BCUT2D eigenvalue weighted by molar-refractivity contribution is 6.34. The third-order valence-corrected chi connectivity index (χ3v) is 3.03. The number of carbonyl (C=O) groups is 2. The first kappa shape index (κ1) is 15.7. The van der Waals surface area contributed by atoms with Gasteiger partial charge in [-0.2, -0.15) is 0 Å². The molecule has 0 aromatic carbocycles. The monoisotopic (exact) mass is 319 g/mol. The Labute approximate surface area is 131 Å². The Bertz CT molecular complexity index is 706. The van der Waals surface area contributed by atoms with Gasteiger partial charge in [0.05, 0.1) is 16.1 Å². The number of rotatable bonds is 5. The predicted molar refractivity (Wildman–Crippen MR) is 84.1 cm³/mol. The van der Waals surface area contributed by atoms with E-state index in [0.717, 1.165) is 0 Å². The van der Waals surface area contributed by atoms with E-state index in [1.807, 2.05) is 6.92 Å². The Morgan fingerprint density at radius 2 is 2.14 bits per heavy atom. The number of aromatic nitrogens is 2. The van der Waals surface area contributed by atoms with Crippen molar-refractivity contribution in [3.8, 4) is 0 Å². The van der Waals surface area contributed by atoms with Gasteiger partial charge in [0.15, 0.2) is 5.82 Å². The van der Waals surface area contributed by atoms with E-state index in [4.69, 9.17) is 17.3 Å². The maximum absolute atomic E-state index is 12.1. The number of amides is 2. The molecule has 0 aliphatic heterocycles. The fourth-order valence-corrected chi connectivity index (χ4v) is 1.94. The highest BCUT2D eigenvalue weighted by atomic mass is 35.5. The van der Waals surface area contributed by atoms with E-state index in [0.29, 0.717) is 12.1 Å². The molecule has 0 aliphatic carbocycles. The van der Waals surface area contributed by atoms with Gasteiger partial charge in [-0.25, -0.2) is 4.98 Å². The molecule has 2 rings (SSSR count). The first-order valence-electron chi connectivity index (χ1n) is 6.48. The Morgan fingerprint density at radius 1 is 1.36 bits per heavy atom. The summed E-state index contributed by atoms with van der Waals surface area (Å²) in [5.74, 6) is -0.662. The van der Waals surface area contributed by atoms with Crippen molar-refractivity contribution >= 4 is 35.1 Å². The number of nitrogens with one attached hydrogen (secondary N) is 2. The number of nitrogens with zero attached hydrogens (tertiary/aromatic N) is 2. The van der Waals surface area contributed by atoms with Crippen LogP contribution in [-0.4, -0.2) is 28.3 Å². The summed E-state index contributed by atoms with van der Waals surface area (Å²) >= 11 is 6.05. The molecule has 2 aromatic heterocycles. The van der Waals surface area contributed by atoms with E-state index < -0.39 is 11.8 Å². The van der Waals surface area contributed by atoms with Crippen LogP contribution in [0.4, 0.5) is 11.6 Å². The maximum atomic E-state index is 12.1. The fourth-order valence-electron chi connectivity index (χ4n) is 1.74. The van der Waals surface area contributed by atoms with Crippen LogP contribution in [0.15, 0.2) is 30.6 Å². The summed E-state index contributed by atoms with van der Waals surface area (Å²) in [6.45, 7) is 2.37. The topological polar surface area (TPSA) is 110 Å². The second-order valence-corrected chi connectivity index (χ2v) is 4.71. The van der Waals surface area contributed by atoms with Gasteiger partial charge in [-0.3, -0.25) is 14.6 Å². The number of carbonyl (C=O) groups excluding carboxylic acids is 2. The number of anilines is 2. The zero-order chi connectivity index (χ0) is 16.1. The van der Waals surface area contributed by atoms with Crippen molar-refractivity contribution < 1.29 is 9.59 Å². The Morgan fingerprint density at radius 3 is 2.73 bits per heavy atom. The number of nitrogens with two attached hydrogens (primary N) is 1. The molecule has 2 aromatic rings. The lowest BCUT2D eigenvalue weighted by atomic mass is 10.2. The molecule has 0 saturated carbocycles. The van der Waals surface area contributed by atoms with E-state index in [1.165, 1.54) is 12.3 Å². The summed E-state index contributed by atoms with van der Waals surface area (Å²) in [6.07, 6.45) is 2.99. The molecule has 2 heterocycles. The number of primary amides is 1. The number of pyridine rings is 2. The van der Waals surface area contributed by atoms with Crippen LogP contribution in [0.2, 0.25) is 5.02 Å². The molecule has 22 heavy (non-hydrogen) atoms. The molecule has 8 heteroatoms. The SMILES string of the molecule is CCNc1nc(NC(=O)c2cccnc2)c(Cl)cc1C(N)=O. The normalized spacial score (nSPS) is 10.1. The summed E-state index contributed by atoms with van der Waals surface area (Å²) in [6, 6.07) is 4.62. The lowest BCUT2D eigenvalue weighted by Gasteiger charge is -2.12. The van der Waals surface area contributed by atoms with Crippen LogP contribution in [0.5, 0.6) is 0 Å². The van der Waals surface area contributed by atoms with Crippen molar-refractivity contribution in [2.75, 3.05) is 17.2 Å². The highest BCUT2D eigenvalue weighted by Gasteiger charge is 2.16. The molecule has 0 atom stereocenters. The fraction of sp³-hybridized carbons (Fsp3) is 0.143. The minimum Gasteiger partial charge on any atom is -0.370 e. The summed E-state index contributed by atoms with van der Waals surface area (Å²) in [5, 5.41) is 5.60. The van der Waals surface area contributed by atoms with Crippen molar-refractivity contribution in [3.05, 3.63) is 46.7 Å². The Balaban J connectivity index is 2.33. The minimum atomic E-state index is -0.657. The van der Waals surface area contributed by atoms with E-state index in [-0.39, 0.29) is 22.2 Å². The van der Waals surface area contributed by atoms with Gasteiger partial charge in [0.25, 0.3) is 11.8 Å². The van der Waals surface area contributed by atoms with Crippen molar-refractivity contribution in [1.29, 1.82) is 0 Å². The van der Waals surface area contributed by atoms with Gasteiger partial charge in [-0.1, -0.05) is 11.6 Å². The highest BCUT2D eigenvalue weighted by Crippen LogP contribution is 2.26. The second-order valence-electron chi connectivity index (χ2n) is 4.31. The predicted octanol–water partition coefficient (Wildman–Crippen LogP) is 1.91. The molecule has 0 saturated heterocycles. The van der Waals surface area contributed by atoms with E-state index in [2.05, 4.69) is 20.6 Å². The van der Waals surface area contributed by atoms with Crippen LogP contribution in [-0.2, 0) is 0 Å².